The number of phenolic OH excluding ortho intramolecular Hbond substituents is 2. The van der Waals surface area contributed by atoms with Crippen LogP contribution in [-0.4, -0.2) is 37.3 Å². The number of rotatable bonds is 7. The van der Waals surface area contributed by atoms with E-state index in [9.17, 15) is 30.0 Å². The molecule has 0 amide bonds. The van der Waals surface area contributed by atoms with E-state index >= 15 is 0 Å². The van der Waals surface area contributed by atoms with Gasteiger partial charge in [0.05, 0.1) is 0 Å². The van der Waals surface area contributed by atoms with Crippen LogP contribution >= 0.6 is 0 Å². The van der Waals surface area contributed by atoms with E-state index in [1.807, 2.05) is 0 Å². The number of phenols is 2. The summed E-state index contributed by atoms with van der Waals surface area (Å²) in [6, 6.07) is 8.46. The van der Waals surface area contributed by atoms with E-state index in [-0.39, 0.29) is 28.8 Å². The van der Waals surface area contributed by atoms with Crippen LogP contribution in [0.3, 0.4) is 0 Å². The molecule has 26 heavy (non-hydrogen) atoms. The number of aliphatic carboxylic acids is 2. The summed E-state index contributed by atoms with van der Waals surface area (Å²) in [4.78, 5) is 24.6. The van der Waals surface area contributed by atoms with E-state index in [0.29, 0.717) is 0 Å². The van der Waals surface area contributed by atoms with Crippen molar-refractivity contribution in [3.8, 4) is 11.5 Å². The normalized spacial score (nSPS) is 12.3. The average Bonchev–Trinajstić information content (AvgIpc) is 2.56. The van der Waals surface area contributed by atoms with Gasteiger partial charge in [0.25, 0.3) is 0 Å². The second kappa shape index (κ2) is 8.54. The topological polar surface area (TPSA) is 153 Å². The molecule has 0 saturated heterocycles. The first-order valence-corrected chi connectivity index (χ1v) is 7.29. The lowest BCUT2D eigenvalue weighted by molar-refractivity contribution is -0.149. The largest absolute Gasteiger partial charge is 0.508 e. The highest BCUT2D eigenvalue weighted by atomic mass is 16.4. The maximum atomic E-state index is 11.8. The summed E-state index contributed by atoms with van der Waals surface area (Å²) in [5.74, 6) is -3.32. The molecule has 2 atom stereocenters. The number of hydrogen-bond acceptors (Lipinski definition) is 6. The molecule has 0 spiro atoms. The van der Waals surface area contributed by atoms with Crippen LogP contribution < -0.4 is 6.15 Å². The number of carboxylic acid groups (broad SMARTS) is 2. The number of hydrogen-bond donors (Lipinski definition) is 5. The minimum Gasteiger partial charge on any atom is -0.508 e. The standard InChI is InChI=1S/C18H17NO6.H3N/c1-2-19(15(17(22)23)11-7-3-5-9-13(11)20)16(18(24)25)12-8-4-6-10-14(12)21;/h2-10,15-16,20-21H,1H2,(H,22,23)(H,24,25);1H3. The van der Waals surface area contributed by atoms with Crippen LogP contribution in [0, 0.1) is 0 Å². The maximum absolute atomic E-state index is 11.8. The van der Waals surface area contributed by atoms with Crippen molar-refractivity contribution in [3.05, 3.63) is 72.4 Å². The van der Waals surface area contributed by atoms with E-state index < -0.39 is 24.0 Å². The van der Waals surface area contributed by atoms with Crippen LogP contribution in [0.15, 0.2) is 61.3 Å². The molecule has 0 fully saturated rings. The van der Waals surface area contributed by atoms with Gasteiger partial charge in [0, 0.05) is 11.1 Å². The molecule has 0 aliphatic carbocycles. The first-order valence-electron chi connectivity index (χ1n) is 7.29. The highest BCUT2D eigenvalue weighted by Crippen LogP contribution is 2.37. The predicted molar refractivity (Wildman–Crippen MR) is 94.0 cm³/mol. The number of benzene rings is 2. The summed E-state index contributed by atoms with van der Waals surface area (Å²) in [5, 5.41) is 39.3. The molecule has 138 valence electrons. The summed E-state index contributed by atoms with van der Waals surface area (Å²) in [5.41, 5.74) is 0.0214. The Kier molecular flexibility index (Phi) is 6.74. The van der Waals surface area contributed by atoms with Crippen molar-refractivity contribution < 1.29 is 30.0 Å². The summed E-state index contributed by atoms with van der Waals surface area (Å²) in [7, 11) is 0. The summed E-state index contributed by atoms with van der Waals surface area (Å²) < 4.78 is 0. The Balaban J connectivity index is 0.00000338. The smallest absolute Gasteiger partial charge is 0.331 e. The Labute approximate surface area is 149 Å². The fourth-order valence-corrected chi connectivity index (χ4v) is 2.64. The highest BCUT2D eigenvalue weighted by Gasteiger charge is 2.37. The van der Waals surface area contributed by atoms with E-state index in [2.05, 4.69) is 6.58 Å². The van der Waals surface area contributed by atoms with Crippen LogP contribution in [-0.2, 0) is 9.59 Å². The van der Waals surface area contributed by atoms with E-state index in [4.69, 9.17) is 0 Å². The third-order valence-corrected chi connectivity index (χ3v) is 3.74. The summed E-state index contributed by atoms with van der Waals surface area (Å²) in [6.45, 7) is 3.51. The Hall–Kier alpha value is -3.52. The molecule has 7 N–H and O–H groups in total. The SMILES string of the molecule is C=CN(C(C(=O)O)c1ccccc1O)C(C(=O)O)c1ccccc1O.N. The van der Waals surface area contributed by atoms with Gasteiger partial charge in [-0.25, -0.2) is 9.59 Å². The molecule has 2 rings (SSSR count). The van der Waals surface area contributed by atoms with E-state index in [1.165, 1.54) is 48.5 Å². The molecular formula is C18H20N2O6. The molecule has 8 heteroatoms. The van der Waals surface area contributed by atoms with E-state index in [1.54, 1.807) is 0 Å². The molecule has 0 heterocycles. The van der Waals surface area contributed by atoms with Crippen LogP contribution in [0.5, 0.6) is 11.5 Å². The van der Waals surface area contributed by atoms with Gasteiger partial charge in [-0.2, -0.15) is 0 Å². The maximum Gasteiger partial charge on any atom is 0.331 e. The zero-order chi connectivity index (χ0) is 18.6. The third kappa shape index (κ3) is 3.93. The molecule has 0 saturated carbocycles. The summed E-state index contributed by atoms with van der Waals surface area (Å²) in [6.07, 6.45) is 1.07. The van der Waals surface area contributed by atoms with Gasteiger partial charge in [0.15, 0.2) is 12.1 Å². The molecule has 0 aromatic heterocycles. The van der Waals surface area contributed by atoms with Gasteiger partial charge < -0.3 is 31.5 Å². The van der Waals surface area contributed by atoms with E-state index in [0.717, 1.165) is 11.1 Å². The zero-order valence-electron chi connectivity index (χ0n) is 13.8. The molecule has 0 bridgehead atoms. The Morgan fingerprint density at radius 1 is 0.846 bits per heavy atom. The van der Waals surface area contributed by atoms with Gasteiger partial charge in [-0.3, -0.25) is 0 Å². The van der Waals surface area contributed by atoms with Crippen molar-refractivity contribution in [2.75, 3.05) is 0 Å². The average molecular weight is 360 g/mol. The first kappa shape index (κ1) is 20.5. The molecule has 0 aliphatic rings. The molecule has 2 unspecified atom stereocenters. The number of aromatic hydroxyl groups is 2. The Bertz CT molecular complexity index is 744. The van der Waals surface area contributed by atoms with Gasteiger partial charge in [0.1, 0.15) is 11.5 Å². The van der Waals surface area contributed by atoms with Crippen molar-refractivity contribution in [1.82, 2.24) is 11.1 Å². The lowest BCUT2D eigenvalue weighted by atomic mass is 9.98. The second-order valence-corrected chi connectivity index (χ2v) is 5.23. The third-order valence-electron chi connectivity index (χ3n) is 3.74. The second-order valence-electron chi connectivity index (χ2n) is 5.23. The number of carboxylic acids is 2. The number of carbonyl (C=O) groups is 2. The van der Waals surface area contributed by atoms with Gasteiger partial charge in [-0.15, -0.1) is 0 Å². The number of para-hydroxylation sites is 2. The molecular weight excluding hydrogens is 340 g/mol. The van der Waals surface area contributed by atoms with Crippen LogP contribution in [0.1, 0.15) is 23.2 Å². The molecule has 0 aliphatic heterocycles. The van der Waals surface area contributed by atoms with Crippen molar-refractivity contribution >= 4 is 11.9 Å². The van der Waals surface area contributed by atoms with Crippen LogP contribution in [0.25, 0.3) is 0 Å². The Morgan fingerprint density at radius 2 is 1.19 bits per heavy atom. The molecule has 8 nitrogen and oxygen atoms in total. The number of nitrogens with zero attached hydrogens (tertiary/aromatic N) is 1. The van der Waals surface area contributed by atoms with Crippen molar-refractivity contribution in [1.29, 1.82) is 0 Å². The van der Waals surface area contributed by atoms with Crippen LogP contribution in [0.4, 0.5) is 0 Å². The van der Waals surface area contributed by atoms with Gasteiger partial charge in [0.2, 0.25) is 0 Å². The first-order chi connectivity index (χ1) is 11.9. The van der Waals surface area contributed by atoms with Crippen molar-refractivity contribution in [2.45, 2.75) is 12.1 Å². The van der Waals surface area contributed by atoms with Gasteiger partial charge in [-0.05, 0) is 18.3 Å². The van der Waals surface area contributed by atoms with Crippen LogP contribution in [0.2, 0.25) is 0 Å². The van der Waals surface area contributed by atoms with Crippen molar-refractivity contribution in [2.24, 2.45) is 0 Å². The quantitative estimate of drug-likeness (QED) is 0.505. The fraction of sp³-hybridized carbons (Fsp3) is 0.111. The molecule has 2 aromatic carbocycles. The lowest BCUT2D eigenvalue weighted by Crippen LogP contribution is -2.37. The molecule has 2 aromatic rings. The Morgan fingerprint density at radius 3 is 1.46 bits per heavy atom. The van der Waals surface area contributed by atoms with Gasteiger partial charge >= 0.3 is 11.9 Å². The van der Waals surface area contributed by atoms with Gasteiger partial charge in [-0.1, -0.05) is 43.0 Å². The monoisotopic (exact) mass is 360 g/mol. The zero-order valence-corrected chi connectivity index (χ0v) is 13.8. The summed E-state index contributed by atoms with van der Waals surface area (Å²) >= 11 is 0. The minimum absolute atomic E-state index is 0. The van der Waals surface area contributed by atoms with Crippen molar-refractivity contribution in [3.63, 3.8) is 0 Å². The highest BCUT2D eigenvalue weighted by molar-refractivity contribution is 5.81. The fourth-order valence-electron chi connectivity index (χ4n) is 2.64. The predicted octanol–water partition coefficient (Wildman–Crippen LogP) is 2.66. The lowest BCUT2D eigenvalue weighted by Gasteiger charge is -2.33. The molecule has 0 radical (unpaired) electrons. The minimum atomic E-state index is -1.51.